The summed E-state index contributed by atoms with van der Waals surface area (Å²) in [7, 11) is 0. The molecule has 0 saturated carbocycles. The van der Waals surface area contributed by atoms with Crippen LogP contribution in [0.2, 0.25) is 0 Å². The molecule has 2 amide bonds. The summed E-state index contributed by atoms with van der Waals surface area (Å²) in [5, 5.41) is 2.89. The first kappa shape index (κ1) is 25.9. The largest absolute Gasteiger partial charge is 0.494 e. The zero-order chi connectivity index (χ0) is 26.0. The van der Waals surface area contributed by atoms with Crippen molar-refractivity contribution in [1.29, 1.82) is 0 Å². The van der Waals surface area contributed by atoms with Crippen molar-refractivity contribution < 1.29 is 23.5 Å². The molecular formula is C29H35FN2O4. The van der Waals surface area contributed by atoms with Crippen LogP contribution >= 0.6 is 0 Å². The van der Waals surface area contributed by atoms with Crippen molar-refractivity contribution in [2.24, 2.45) is 5.92 Å². The molecule has 6 nitrogen and oxygen atoms in total. The zero-order valence-corrected chi connectivity index (χ0v) is 21.5. The average Bonchev–Trinajstić information content (AvgIpc) is 3.16. The lowest BCUT2D eigenvalue weighted by Gasteiger charge is -2.37. The summed E-state index contributed by atoms with van der Waals surface area (Å²) >= 11 is 0. The van der Waals surface area contributed by atoms with Gasteiger partial charge in [-0.15, -0.1) is 0 Å². The number of anilines is 1. The molecule has 1 heterocycles. The number of amides is 2. The number of ether oxygens (including phenoxy) is 1. The van der Waals surface area contributed by atoms with E-state index in [0.29, 0.717) is 37.2 Å². The monoisotopic (exact) mass is 494 g/mol. The van der Waals surface area contributed by atoms with Crippen LogP contribution in [0.3, 0.4) is 0 Å². The fraction of sp³-hybridized carbons (Fsp3) is 0.483. The van der Waals surface area contributed by atoms with Crippen molar-refractivity contribution in [2.75, 3.05) is 18.5 Å². The Bertz CT molecular complexity index is 1180. The van der Waals surface area contributed by atoms with E-state index in [1.165, 1.54) is 6.07 Å². The first-order valence-corrected chi connectivity index (χ1v) is 12.8. The second-order valence-electron chi connectivity index (χ2n) is 10.6. The van der Waals surface area contributed by atoms with Crippen LogP contribution in [-0.2, 0) is 32.6 Å². The number of hydrogen-bond acceptors (Lipinski definition) is 4. The van der Waals surface area contributed by atoms with Gasteiger partial charge in [0.05, 0.1) is 6.61 Å². The van der Waals surface area contributed by atoms with Gasteiger partial charge in [-0.05, 0) is 84.5 Å². The van der Waals surface area contributed by atoms with E-state index >= 15 is 4.39 Å². The van der Waals surface area contributed by atoms with Gasteiger partial charge in [0.15, 0.2) is 0 Å². The summed E-state index contributed by atoms with van der Waals surface area (Å²) < 4.78 is 20.7. The van der Waals surface area contributed by atoms with Crippen LogP contribution < -0.4 is 10.1 Å². The smallest absolute Gasteiger partial charge is 0.251 e. The predicted molar refractivity (Wildman–Crippen MR) is 137 cm³/mol. The molecule has 2 atom stereocenters. The van der Waals surface area contributed by atoms with Crippen LogP contribution in [-0.4, -0.2) is 36.2 Å². The van der Waals surface area contributed by atoms with E-state index in [1.807, 2.05) is 45.0 Å². The minimum absolute atomic E-state index is 0.176. The Labute approximate surface area is 212 Å². The average molecular weight is 495 g/mol. The number of aryl methyl sites for hydroxylation is 1. The molecule has 1 unspecified atom stereocenters. The predicted octanol–water partition coefficient (Wildman–Crippen LogP) is 5.13. The molecule has 2 aromatic rings. The first-order valence-electron chi connectivity index (χ1n) is 12.8. The second-order valence-corrected chi connectivity index (χ2v) is 10.6. The highest BCUT2D eigenvalue weighted by Gasteiger charge is 2.37. The minimum atomic E-state index is -0.851. The lowest BCUT2D eigenvalue weighted by molar-refractivity contribution is -0.139. The van der Waals surface area contributed by atoms with Gasteiger partial charge >= 0.3 is 0 Å². The quantitative estimate of drug-likeness (QED) is 0.517. The summed E-state index contributed by atoms with van der Waals surface area (Å²) in [4.78, 5) is 39.5. The van der Waals surface area contributed by atoms with Crippen LogP contribution in [0.25, 0.3) is 0 Å². The molecule has 192 valence electrons. The fourth-order valence-electron chi connectivity index (χ4n) is 5.45. The van der Waals surface area contributed by atoms with E-state index in [4.69, 9.17) is 4.74 Å². The van der Waals surface area contributed by atoms with Gasteiger partial charge in [-0.25, -0.2) is 4.39 Å². The number of fused-ring (bicyclic) bond motifs is 2. The Morgan fingerprint density at radius 2 is 2.00 bits per heavy atom. The van der Waals surface area contributed by atoms with Gasteiger partial charge in [-0.1, -0.05) is 26.8 Å². The summed E-state index contributed by atoms with van der Waals surface area (Å²) in [6.07, 6.45) is 3.65. The molecule has 4 rings (SSSR count). The highest BCUT2D eigenvalue weighted by molar-refractivity contribution is 5.98. The number of rotatable bonds is 8. The number of aldehydes is 1. The molecule has 1 aliphatic carbocycles. The third-order valence-electron chi connectivity index (χ3n) is 7.40. The third kappa shape index (κ3) is 5.15. The van der Waals surface area contributed by atoms with E-state index in [-0.39, 0.29) is 35.4 Å². The molecule has 1 N–H and O–H groups in total. The number of carbonyl (C=O) groups is 3. The van der Waals surface area contributed by atoms with Crippen LogP contribution in [0.15, 0.2) is 30.3 Å². The molecule has 1 aliphatic heterocycles. The first-order chi connectivity index (χ1) is 17.1. The van der Waals surface area contributed by atoms with Gasteiger partial charge in [-0.2, -0.15) is 0 Å². The number of nitrogens with one attached hydrogen (secondary N) is 1. The molecule has 36 heavy (non-hydrogen) atoms. The minimum Gasteiger partial charge on any atom is -0.494 e. The van der Waals surface area contributed by atoms with Crippen molar-refractivity contribution >= 4 is 23.8 Å². The molecule has 0 aromatic heterocycles. The van der Waals surface area contributed by atoms with E-state index in [1.54, 1.807) is 11.8 Å². The van der Waals surface area contributed by atoms with Crippen molar-refractivity contribution in [1.82, 2.24) is 4.90 Å². The van der Waals surface area contributed by atoms with Crippen molar-refractivity contribution in [3.05, 3.63) is 58.4 Å². The number of hydrogen-bond donors (Lipinski definition) is 1. The molecule has 0 fully saturated rings. The number of benzene rings is 2. The van der Waals surface area contributed by atoms with E-state index in [2.05, 4.69) is 5.32 Å². The van der Waals surface area contributed by atoms with Crippen molar-refractivity contribution in [2.45, 2.75) is 71.3 Å². The maximum atomic E-state index is 15.1. The van der Waals surface area contributed by atoms with Gasteiger partial charge in [-0.3, -0.25) is 9.59 Å². The number of nitrogens with zero attached hydrogens (tertiary/aromatic N) is 1. The molecule has 0 bridgehead atoms. The molecule has 0 radical (unpaired) electrons. The molecule has 7 heteroatoms. The van der Waals surface area contributed by atoms with Gasteiger partial charge in [0, 0.05) is 24.6 Å². The van der Waals surface area contributed by atoms with Gasteiger partial charge in [0.2, 0.25) is 5.91 Å². The topological polar surface area (TPSA) is 75.7 Å². The maximum absolute atomic E-state index is 15.1. The Balaban J connectivity index is 1.64. The molecule has 2 aliphatic rings. The van der Waals surface area contributed by atoms with E-state index in [0.717, 1.165) is 41.6 Å². The number of halogens is 1. The van der Waals surface area contributed by atoms with Crippen LogP contribution in [0.5, 0.6) is 5.75 Å². The van der Waals surface area contributed by atoms with Crippen LogP contribution in [0, 0.1) is 11.7 Å². The summed E-state index contributed by atoms with van der Waals surface area (Å²) in [6.45, 7) is 8.65. The van der Waals surface area contributed by atoms with Gasteiger partial charge in [0.25, 0.3) is 5.91 Å². The standard InChI is InChI=1S/C29H35FN2O4/c1-5-36-22-7-8-23-19(15-22)11-13-32(25(34)9-6-18(2)17-33)27(23)28(35)31-21-14-20-10-12-29(3,4)26(20)24(30)16-21/h7-8,14-18,27H,5-6,9-13H2,1-4H3,(H,31,35)/t18-,27?/m1/s1. The SMILES string of the molecule is CCOc1ccc2c(c1)CCN(C(=O)CC[C@@H](C)C=O)C2C(=O)Nc1cc(F)c2c(c1)CCC2(C)C. The number of carbonyl (C=O) groups excluding carboxylic acids is 3. The Morgan fingerprint density at radius 3 is 2.72 bits per heavy atom. The Morgan fingerprint density at radius 1 is 1.22 bits per heavy atom. The highest BCUT2D eigenvalue weighted by Crippen LogP contribution is 2.41. The Hall–Kier alpha value is -3.22. The fourth-order valence-corrected chi connectivity index (χ4v) is 5.45. The summed E-state index contributed by atoms with van der Waals surface area (Å²) in [5.41, 5.74) is 3.48. The molecule has 0 saturated heterocycles. The van der Waals surface area contributed by atoms with Crippen molar-refractivity contribution in [3.8, 4) is 5.75 Å². The molecular weight excluding hydrogens is 459 g/mol. The van der Waals surface area contributed by atoms with Crippen molar-refractivity contribution in [3.63, 3.8) is 0 Å². The van der Waals surface area contributed by atoms with E-state index < -0.39 is 6.04 Å². The second kappa shape index (κ2) is 10.4. The molecule has 0 spiro atoms. The van der Waals surface area contributed by atoms with Crippen LogP contribution in [0.4, 0.5) is 10.1 Å². The van der Waals surface area contributed by atoms with E-state index in [9.17, 15) is 14.4 Å². The lowest BCUT2D eigenvalue weighted by atomic mass is 9.86. The molecule has 2 aromatic carbocycles. The zero-order valence-electron chi connectivity index (χ0n) is 21.5. The Kier molecular flexibility index (Phi) is 7.48. The van der Waals surface area contributed by atoms with Crippen LogP contribution in [0.1, 0.15) is 75.3 Å². The maximum Gasteiger partial charge on any atom is 0.251 e. The summed E-state index contributed by atoms with van der Waals surface area (Å²) in [6, 6.07) is 7.95. The van der Waals surface area contributed by atoms with Gasteiger partial charge in [0.1, 0.15) is 23.9 Å². The summed E-state index contributed by atoms with van der Waals surface area (Å²) in [5.74, 6) is -0.380. The normalized spacial score (nSPS) is 18.7. The van der Waals surface area contributed by atoms with Gasteiger partial charge < -0.3 is 19.7 Å². The lowest BCUT2D eigenvalue weighted by Crippen LogP contribution is -2.45. The third-order valence-corrected chi connectivity index (χ3v) is 7.40. The highest BCUT2D eigenvalue weighted by atomic mass is 19.1.